The van der Waals surface area contributed by atoms with Gasteiger partial charge >= 0.3 is 0 Å². The zero-order valence-corrected chi connectivity index (χ0v) is 8.48. The highest BCUT2D eigenvalue weighted by Gasteiger charge is 2.32. The van der Waals surface area contributed by atoms with Crippen molar-refractivity contribution >= 4 is 12.6 Å². The Bertz CT molecular complexity index is 116. The Kier molecular flexibility index (Phi) is 3.73. The molecule has 0 radical (unpaired) electrons. The summed E-state index contributed by atoms with van der Waals surface area (Å²) < 4.78 is 0. The average molecular weight is 173 g/mol. The molecule has 11 heavy (non-hydrogen) atoms. The summed E-state index contributed by atoms with van der Waals surface area (Å²) in [5.74, 6) is 3.01. The van der Waals surface area contributed by atoms with Gasteiger partial charge in [0.25, 0.3) is 0 Å². The first kappa shape index (κ1) is 9.40. The van der Waals surface area contributed by atoms with Crippen molar-refractivity contribution in [1.82, 2.24) is 4.90 Å². The van der Waals surface area contributed by atoms with Gasteiger partial charge in [0.15, 0.2) is 0 Å². The first-order valence-electron chi connectivity index (χ1n) is 4.53. The zero-order chi connectivity index (χ0) is 8.27. The first-order valence-corrected chi connectivity index (χ1v) is 5.16. The lowest BCUT2D eigenvalue weighted by Crippen LogP contribution is -2.22. The second kappa shape index (κ2) is 4.36. The summed E-state index contributed by atoms with van der Waals surface area (Å²) in [4.78, 5) is 2.43. The largest absolute Gasteiger partial charge is 0.306 e. The van der Waals surface area contributed by atoms with Crippen LogP contribution in [0.4, 0.5) is 0 Å². The molecule has 2 atom stereocenters. The molecule has 66 valence electrons. The van der Waals surface area contributed by atoms with Gasteiger partial charge in [-0.05, 0) is 44.0 Å². The predicted molar refractivity (Wildman–Crippen MR) is 53.2 cm³/mol. The third-order valence-corrected chi connectivity index (χ3v) is 2.84. The van der Waals surface area contributed by atoms with E-state index >= 15 is 0 Å². The van der Waals surface area contributed by atoms with Crippen molar-refractivity contribution in [2.45, 2.75) is 19.8 Å². The monoisotopic (exact) mass is 173 g/mol. The summed E-state index contributed by atoms with van der Waals surface area (Å²) in [6.45, 7) is 4.86. The molecule has 1 fully saturated rings. The summed E-state index contributed by atoms with van der Waals surface area (Å²) in [5, 5.41) is 0. The molecule has 0 N–H and O–H groups in total. The molecule has 0 saturated heterocycles. The maximum atomic E-state index is 4.19. The minimum atomic E-state index is 0.994. The minimum Gasteiger partial charge on any atom is -0.306 e. The fraction of sp³-hybridized carbons (Fsp3) is 1.00. The summed E-state index contributed by atoms with van der Waals surface area (Å²) >= 11 is 4.19. The second-order valence-corrected chi connectivity index (χ2v) is 4.26. The molecule has 0 amide bonds. The Morgan fingerprint density at radius 2 is 2.18 bits per heavy atom. The molecular formula is C9H19NS. The second-order valence-electron chi connectivity index (χ2n) is 3.81. The molecule has 0 aliphatic heterocycles. The molecular weight excluding hydrogens is 154 g/mol. The van der Waals surface area contributed by atoms with Gasteiger partial charge in [0, 0.05) is 6.54 Å². The van der Waals surface area contributed by atoms with Crippen LogP contribution in [0.2, 0.25) is 0 Å². The smallest absolute Gasteiger partial charge is 0.000926 e. The van der Waals surface area contributed by atoms with E-state index in [0.29, 0.717) is 0 Å². The lowest BCUT2D eigenvalue weighted by molar-refractivity contribution is 0.316. The molecule has 1 aliphatic carbocycles. The Hall–Kier alpha value is 0.310. The van der Waals surface area contributed by atoms with E-state index in [2.05, 4.69) is 31.5 Å². The van der Waals surface area contributed by atoms with Crippen molar-refractivity contribution in [1.29, 1.82) is 0 Å². The van der Waals surface area contributed by atoms with Crippen molar-refractivity contribution < 1.29 is 0 Å². The third kappa shape index (κ3) is 3.48. The lowest BCUT2D eigenvalue weighted by atomic mass is 10.3. The van der Waals surface area contributed by atoms with Crippen LogP contribution in [-0.2, 0) is 0 Å². The van der Waals surface area contributed by atoms with Crippen LogP contribution in [0.5, 0.6) is 0 Å². The van der Waals surface area contributed by atoms with Crippen LogP contribution in [-0.4, -0.2) is 30.8 Å². The fourth-order valence-corrected chi connectivity index (χ4v) is 1.63. The molecule has 0 aromatic carbocycles. The van der Waals surface area contributed by atoms with E-state index in [0.717, 1.165) is 17.6 Å². The lowest BCUT2D eigenvalue weighted by Gasteiger charge is -2.15. The highest BCUT2D eigenvalue weighted by Crippen LogP contribution is 2.37. The highest BCUT2D eigenvalue weighted by molar-refractivity contribution is 7.80. The number of rotatable bonds is 5. The minimum absolute atomic E-state index is 0.994. The van der Waals surface area contributed by atoms with E-state index in [1.165, 1.54) is 25.9 Å². The Balaban J connectivity index is 1.97. The molecule has 0 aromatic heterocycles. The molecule has 0 heterocycles. The van der Waals surface area contributed by atoms with Crippen LogP contribution in [0, 0.1) is 11.8 Å². The van der Waals surface area contributed by atoms with Crippen LogP contribution in [0.1, 0.15) is 19.8 Å². The quantitative estimate of drug-likeness (QED) is 0.621. The molecule has 1 saturated carbocycles. The first-order chi connectivity index (χ1) is 5.24. The normalized spacial score (nSPS) is 29.5. The van der Waals surface area contributed by atoms with E-state index in [1.54, 1.807) is 0 Å². The number of hydrogen-bond acceptors (Lipinski definition) is 2. The summed E-state index contributed by atoms with van der Waals surface area (Å²) in [6.07, 6.45) is 2.67. The zero-order valence-electron chi connectivity index (χ0n) is 7.58. The third-order valence-electron chi connectivity index (χ3n) is 2.52. The maximum Gasteiger partial charge on any atom is 0.000926 e. The molecule has 0 spiro atoms. The fourth-order valence-electron chi connectivity index (χ4n) is 1.49. The van der Waals surface area contributed by atoms with Crippen molar-refractivity contribution in [3.8, 4) is 0 Å². The molecule has 2 unspecified atom stereocenters. The van der Waals surface area contributed by atoms with Gasteiger partial charge in [-0.2, -0.15) is 12.6 Å². The van der Waals surface area contributed by atoms with Crippen LogP contribution >= 0.6 is 12.6 Å². The topological polar surface area (TPSA) is 3.24 Å². The number of thiol groups is 1. The SMILES string of the molecule is CC1CC1CN(C)CCCS. The van der Waals surface area contributed by atoms with E-state index < -0.39 is 0 Å². The van der Waals surface area contributed by atoms with Crippen LogP contribution < -0.4 is 0 Å². The van der Waals surface area contributed by atoms with E-state index in [4.69, 9.17) is 0 Å². The molecule has 1 nitrogen and oxygen atoms in total. The van der Waals surface area contributed by atoms with Crippen molar-refractivity contribution in [3.63, 3.8) is 0 Å². The summed E-state index contributed by atoms with van der Waals surface area (Å²) in [6, 6.07) is 0. The van der Waals surface area contributed by atoms with Crippen molar-refractivity contribution in [3.05, 3.63) is 0 Å². The van der Waals surface area contributed by atoms with Gasteiger partial charge in [0.05, 0.1) is 0 Å². The Labute approximate surface area is 75.6 Å². The number of hydrogen-bond donors (Lipinski definition) is 1. The highest BCUT2D eigenvalue weighted by atomic mass is 32.1. The van der Waals surface area contributed by atoms with E-state index in [-0.39, 0.29) is 0 Å². The van der Waals surface area contributed by atoms with Gasteiger partial charge in [0.2, 0.25) is 0 Å². The van der Waals surface area contributed by atoms with Gasteiger partial charge in [-0.1, -0.05) is 6.92 Å². The number of nitrogens with zero attached hydrogens (tertiary/aromatic N) is 1. The van der Waals surface area contributed by atoms with Gasteiger partial charge in [-0.3, -0.25) is 0 Å². The molecule has 2 heteroatoms. The Morgan fingerprint density at radius 1 is 1.55 bits per heavy atom. The van der Waals surface area contributed by atoms with Crippen molar-refractivity contribution in [2.24, 2.45) is 11.8 Å². The van der Waals surface area contributed by atoms with E-state index in [1.807, 2.05) is 0 Å². The van der Waals surface area contributed by atoms with Gasteiger partial charge in [-0.15, -0.1) is 0 Å². The summed E-state index contributed by atoms with van der Waals surface area (Å²) in [5.41, 5.74) is 0. The van der Waals surface area contributed by atoms with E-state index in [9.17, 15) is 0 Å². The van der Waals surface area contributed by atoms with Crippen LogP contribution in [0.3, 0.4) is 0 Å². The van der Waals surface area contributed by atoms with Crippen molar-refractivity contribution in [2.75, 3.05) is 25.9 Å². The standard InChI is InChI=1S/C9H19NS/c1-8-6-9(8)7-10(2)4-3-5-11/h8-9,11H,3-7H2,1-2H3. The maximum absolute atomic E-state index is 4.19. The molecule has 1 aliphatic rings. The average Bonchev–Trinajstić information content (AvgIpc) is 2.62. The van der Waals surface area contributed by atoms with Crippen LogP contribution in [0.25, 0.3) is 0 Å². The predicted octanol–water partition coefficient (Wildman–Crippen LogP) is 1.89. The van der Waals surface area contributed by atoms with Gasteiger partial charge in [-0.25, -0.2) is 0 Å². The van der Waals surface area contributed by atoms with Crippen LogP contribution in [0.15, 0.2) is 0 Å². The summed E-state index contributed by atoms with van der Waals surface area (Å²) in [7, 11) is 2.22. The Morgan fingerprint density at radius 3 is 2.64 bits per heavy atom. The molecule has 1 rings (SSSR count). The van der Waals surface area contributed by atoms with Gasteiger partial charge < -0.3 is 4.90 Å². The molecule has 0 aromatic rings. The van der Waals surface area contributed by atoms with Gasteiger partial charge in [0.1, 0.15) is 0 Å². The molecule has 0 bridgehead atoms.